The largest absolute Gasteiger partial charge is 0.370 e. The fourth-order valence-corrected chi connectivity index (χ4v) is 5.25. The van der Waals surface area contributed by atoms with Gasteiger partial charge >= 0.3 is 11.3 Å². The first-order valence-electron chi connectivity index (χ1n) is 12.0. The van der Waals surface area contributed by atoms with Gasteiger partial charge in [0.1, 0.15) is 12.1 Å². The van der Waals surface area contributed by atoms with E-state index in [2.05, 4.69) is 39.6 Å². The molecule has 0 fully saturated rings. The van der Waals surface area contributed by atoms with Gasteiger partial charge in [0, 0.05) is 11.1 Å². The Kier molecular flexibility index (Phi) is 4.18. The van der Waals surface area contributed by atoms with E-state index in [1.54, 1.807) is 36.4 Å². The van der Waals surface area contributed by atoms with Crippen molar-refractivity contribution in [1.29, 1.82) is 10.5 Å². The molecular weight excluding hydrogens is 536 g/mol. The van der Waals surface area contributed by atoms with Gasteiger partial charge in [-0.05, 0) is 35.4 Å². The number of fused-ring (bicyclic) bond motifs is 10. The third-order valence-electron chi connectivity index (χ3n) is 7.10. The maximum absolute atomic E-state index is 13.5. The molecule has 0 bridgehead atoms. The molecule has 4 aromatic heterocycles. The molecule has 0 spiro atoms. The van der Waals surface area contributed by atoms with Crippen LogP contribution in [0.25, 0.3) is 66.2 Å². The zero-order valence-electron chi connectivity index (χ0n) is 20.6. The Morgan fingerprint density at radius 3 is 1.81 bits per heavy atom. The van der Waals surface area contributed by atoms with Crippen LogP contribution in [0.5, 0.6) is 0 Å². The van der Waals surface area contributed by atoms with Crippen LogP contribution in [-0.4, -0.2) is 50.9 Å². The second-order valence-corrected chi connectivity index (χ2v) is 9.21. The van der Waals surface area contributed by atoms with Crippen LogP contribution in [0, 0.1) is 35.8 Å². The van der Waals surface area contributed by atoms with Crippen molar-refractivity contribution < 1.29 is 9.59 Å². The summed E-state index contributed by atoms with van der Waals surface area (Å²) >= 11 is 0. The average Bonchev–Trinajstić information content (AvgIpc) is 3.73. The molecular formula is C28H6N12O2. The molecule has 14 heteroatoms. The second-order valence-electron chi connectivity index (χ2n) is 9.21. The quantitative estimate of drug-likeness (QED) is 0.277. The van der Waals surface area contributed by atoms with E-state index in [0.717, 1.165) is 0 Å². The summed E-state index contributed by atoms with van der Waals surface area (Å²) in [6.45, 7) is 14.5. The summed E-state index contributed by atoms with van der Waals surface area (Å²) in [6, 6.07) is 14.1. The lowest BCUT2D eigenvalue weighted by atomic mass is 9.97. The fraction of sp³-hybridized carbons (Fsp3) is 0. The fourth-order valence-electron chi connectivity index (χ4n) is 5.25. The number of nitrogens with zero attached hydrogens (tertiary/aromatic N) is 12. The Labute approximate surface area is 233 Å². The molecule has 0 N–H and O–H groups in total. The van der Waals surface area contributed by atoms with Crippen molar-refractivity contribution in [2.24, 2.45) is 0 Å². The molecule has 0 atom stereocenters. The topological polar surface area (TPSA) is 178 Å². The van der Waals surface area contributed by atoms with E-state index in [1.165, 1.54) is 9.13 Å². The molecule has 0 saturated heterocycles. The normalized spacial score (nSPS) is 12.3. The van der Waals surface area contributed by atoms with Gasteiger partial charge in [0.15, 0.2) is 34.3 Å². The van der Waals surface area contributed by atoms with Crippen LogP contribution in [0.15, 0.2) is 36.4 Å². The maximum atomic E-state index is 13.5. The zero-order valence-corrected chi connectivity index (χ0v) is 20.6. The molecule has 42 heavy (non-hydrogen) atoms. The minimum Gasteiger partial charge on any atom is -0.370 e. The minimum absolute atomic E-state index is 0.0853. The summed E-state index contributed by atoms with van der Waals surface area (Å²) in [5, 5.41) is 18.6. The van der Waals surface area contributed by atoms with Gasteiger partial charge in [-0.25, -0.2) is 24.1 Å². The lowest BCUT2D eigenvalue weighted by Crippen LogP contribution is -2.08. The molecule has 14 nitrogen and oxygen atoms in total. The van der Waals surface area contributed by atoms with E-state index in [9.17, 15) is 20.1 Å². The number of carbonyl (C=O) groups excluding carboxylic acids is 2. The third-order valence-corrected chi connectivity index (χ3v) is 7.10. The SMILES string of the molecule is [C-]#[N+]c1nc2nc3n(c2nc1[N+]#[C-])C(=O)c1ccc(-c2ccc4c(c2)C(=O)n2c-4nc4nc(C#N)c(C#N)nc42)cc1-3. The van der Waals surface area contributed by atoms with Crippen LogP contribution < -0.4 is 0 Å². The average molecular weight is 542 g/mol. The van der Waals surface area contributed by atoms with Crippen LogP contribution in [0.3, 0.4) is 0 Å². The molecule has 0 amide bonds. The molecule has 0 radical (unpaired) electrons. The molecule has 190 valence electrons. The summed E-state index contributed by atoms with van der Waals surface area (Å²) in [6.07, 6.45) is 0. The van der Waals surface area contributed by atoms with E-state index in [-0.39, 0.29) is 57.3 Å². The summed E-state index contributed by atoms with van der Waals surface area (Å²) in [5.74, 6) is -0.590. The van der Waals surface area contributed by atoms with Gasteiger partial charge < -0.3 is 9.69 Å². The zero-order chi connectivity index (χ0) is 28.9. The van der Waals surface area contributed by atoms with Crippen molar-refractivity contribution in [3.8, 4) is 46.0 Å². The van der Waals surface area contributed by atoms with Gasteiger partial charge in [-0.1, -0.05) is 25.3 Å². The molecule has 2 aliphatic rings. The van der Waals surface area contributed by atoms with Gasteiger partial charge in [0.2, 0.25) is 0 Å². The van der Waals surface area contributed by atoms with Crippen molar-refractivity contribution >= 4 is 46.0 Å². The highest BCUT2D eigenvalue weighted by molar-refractivity contribution is 6.14. The van der Waals surface area contributed by atoms with E-state index < -0.39 is 5.91 Å². The smallest absolute Gasteiger partial charge is 0.316 e. The number of carbonyl (C=O) groups is 2. The molecule has 2 aliphatic heterocycles. The third kappa shape index (κ3) is 2.71. The predicted molar refractivity (Wildman–Crippen MR) is 142 cm³/mol. The van der Waals surface area contributed by atoms with Gasteiger partial charge in [-0.15, -0.1) is 9.97 Å². The maximum Gasteiger partial charge on any atom is 0.316 e. The van der Waals surface area contributed by atoms with Gasteiger partial charge in [0.25, 0.3) is 23.5 Å². The summed E-state index contributed by atoms with van der Waals surface area (Å²) < 4.78 is 2.56. The number of imidazole rings is 2. The monoisotopic (exact) mass is 542 g/mol. The Bertz CT molecular complexity index is 2510. The lowest BCUT2D eigenvalue weighted by molar-refractivity contribution is 0.0964. The van der Waals surface area contributed by atoms with E-state index in [4.69, 9.17) is 13.1 Å². The summed E-state index contributed by atoms with van der Waals surface area (Å²) in [7, 11) is 0. The van der Waals surface area contributed by atoms with Crippen molar-refractivity contribution in [2.45, 2.75) is 0 Å². The number of hydrogen-bond acceptors (Lipinski definition) is 10. The van der Waals surface area contributed by atoms with Gasteiger partial charge in [-0.2, -0.15) is 15.5 Å². The van der Waals surface area contributed by atoms with E-state index in [0.29, 0.717) is 39.2 Å². The number of hydrogen-bond donors (Lipinski definition) is 0. The second kappa shape index (κ2) is 7.70. The number of benzene rings is 2. The molecule has 2 aromatic carbocycles. The van der Waals surface area contributed by atoms with Crippen molar-refractivity contribution in [2.75, 3.05) is 0 Å². The molecule has 0 unspecified atom stereocenters. The van der Waals surface area contributed by atoms with Gasteiger partial charge in [0.05, 0.1) is 11.1 Å². The molecule has 0 saturated carbocycles. The minimum atomic E-state index is -0.409. The van der Waals surface area contributed by atoms with Crippen LogP contribution in [0.1, 0.15) is 32.1 Å². The first-order chi connectivity index (χ1) is 20.4. The highest BCUT2D eigenvalue weighted by atomic mass is 16.2. The Balaban J connectivity index is 1.25. The van der Waals surface area contributed by atoms with E-state index in [1.807, 2.05) is 12.1 Å². The molecule has 0 aliphatic carbocycles. The number of aromatic nitrogens is 8. The Morgan fingerprint density at radius 2 is 1.14 bits per heavy atom. The van der Waals surface area contributed by atoms with Crippen molar-refractivity contribution in [3.63, 3.8) is 0 Å². The lowest BCUT2D eigenvalue weighted by Gasteiger charge is -2.06. The van der Waals surface area contributed by atoms with Crippen LogP contribution in [-0.2, 0) is 0 Å². The molecule has 6 heterocycles. The van der Waals surface area contributed by atoms with Crippen LogP contribution >= 0.6 is 0 Å². The standard InChI is InChI=1S/C28H6N12O2/c1-31-19-20(32-2)36-26-22(35-19)38-24-15-7-11(4-6-14(15)27(41)40(24)26)12-3-5-13-16(8-12)28(42)39-23(13)37-21-25(39)34-18(10-30)17(9-29)33-21/h3-8H. The highest BCUT2D eigenvalue weighted by Crippen LogP contribution is 2.40. The summed E-state index contributed by atoms with van der Waals surface area (Å²) in [4.78, 5) is 58.6. The predicted octanol–water partition coefficient (Wildman–Crippen LogP) is 3.82. The van der Waals surface area contributed by atoms with Crippen molar-refractivity contribution in [3.05, 3.63) is 81.7 Å². The Hall–Kier alpha value is -7.16. The van der Waals surface area contributed by atoms with Gasteiger partial charge in [-0.3, -0.25) is 9.59 Å². The Morgan fingerprint density at radius 1 is 0.619 bits per heavy atom. The molecule has 6 aromatic rings. The number of rotatable bonds is 1. The summed E-state index contributed by atoms with van der Waals surface area (Å²) in [5.41, 5.74) is 3.17. The van der Waals surface area contributed by atoms with Crippen LogP contribution in [0.4, 0.5) is 11.6 Å². The van der Waals surface area contributed by atoms with Crippen LogP contribution in [0.2, 0.25) is 0 Å². The highest BCUT2D eigenvalue weighted by Gasteiger charge is 2.36. The first kappa shape index (κ1) is 22.8. The molecule has 8 rings (SSSR count). The van der Waals surface area contributed by atoms with Crippen molar-refractivity contribution in [1.82, 2.24) is 39.0 Å². The first-order valence-corrected chi connectivity index (χ1v) is 12.0. The van der Waals surface area contributed by atoms with E-state index >= 15 is 0 Å². The number of nitriles is 2.